The zero-order valence-electron chi connectivity index (χ0n) is 15.2. The van der Waals surface area contributed by atoms with E-state index in [4.69, 9.17) is 9.47 Å². The van der Waals surface area contributed by atoms with Crippen molar-refractivity contribution in [2.45, 2.75) is 39.3 Å². The summed E-state index contributed by atoms with van der Waals surface area (Å²) >= 11 is 0. The molecule has 0 aliphatic rings. The third-order valence-corrected chi connectivity index (χ3v) is 4.01. The number of rotatable bonds is 9. The second-order valence-electron chi connectivity index (χ2n) is 6.09. The van der Waals surface area contributed by atoms with Crippen LogP contribution in [0.4, 0.5) is 0 Å². The monoisotopic (exact) mass is 341 g/mol. The molecule has 2 rings (SSSR count). The molecular formula is C21H27NO3. The number of aryl methyl sites for hydroxylation is 1. The van der Waals surface area contributed by atoms with E-state index in [-0.39, 0.29) is 11.9 Å². The van der Waals surface area contributed by atoms with E-state index in [9.17, 15) is 4.79 Å². The van der Waals surface area contributed by atoms with Gasteiger partial charge in [-0.25, -0.2) is 0 Å². The van der Waals surface area contributed by atoms with E-state index in [2.05, 4.69) is 17.4 Å². The minimum absolute atomic E-state index is 0.0686. The number of carbonyl (C=O) groups excluding carboxylic acids is 1. The van der Waals surface area contributed by atoms with Crippen molar-refractivity contribution in [2.24, 2.45) is 0 Å². The highest BCUT2D eigenvalue weighted by molar-refractivity contribution is 5.94. The summed E-state index contributed by atoms with van der Waals surface area (Å²) in [5.74, 6) is 0.694. The Bertz CT molecular complexity index is 670. The summed E-state index contributed by atoms with van der Waals surface area (Å²) in [7, 11) is 1.63. The Morgan fingerprint density at radius 1 is 1.16 bits per heavy atom. The quantitative estimate of drug-likeness (QED) is 0.750. The van der Waals surface area contributed by atoms with Crippen LogP contribution in [-0.4, -0.2) is 25.7 Å². The summed E-state index contributed by atoms with van der Waals surface area (Å²) in [5.41, 5.74) is 2.79. The minimum atomic E-state index is -0.0686. The largest absolute Gasteiger partial charge is 0.494 e. The average molecular weight is 341 g/mol. The van der Waals surface area contributed by atoms with Gasteiger partial charge in [-0.2, -0.15) is 0 Å². The summed E-state index contributed by atoms with van der Waals surface area (Å²) in [6, 6.07) is 15.9. The van der Waals surface area contributed by atoms with Crippen molar-refractivity contribution in [3.8, 4) is 5.75 Å². The molecule has 1 amide bonds. The number of hydrogen-bond acceptors (Lipinski definition) is 3. The fourth-order valence-electron chi connectivity index (χ4n) is 2.69. The van der Waals surface area contributed by atoms with Crippen LogP contribution in [0.2, 0.25) is 0 Å². The predicted molar refractivity (Wildman–Crippen MR) is 100 cm³/mol. The third kappa shape index (κ3) is 5.91. The molecule has 4 heteroatoms. The molecule has 0 spiro atoms. The molecule has 0 fully saturated rings. The number of amides is 1. The second-order valence-corrected chi connectivity index (χ2v) is 6.09. The van der Waals surface area contributed by atoms with Gasteiger partial charge in [0.05, 0.1) is 13.2 Å². The lowest BCUT2D eigenvalue weighted by Crippen LogP contribution is -2.33. The van der Waals surface area contributed by atoms with Crippen LogP contribution in [0.15, 0.2) is 48.5 Å². The Kier molecular flexibility index (Phi) is 7.48. The fourth-order valence-corrected chi connectivity index (χ4v) is 2.69. The molecule has 25 heavy (non-hydrogen) atoms. The molecule has 0 bridgehead atoms. The van der Waals surface area contributed by atoms with Gasteiger partial charge in [0.2, 0.25) is 0 Å². The third-order valence-electron chi connectivity index (χ3n) is 4.01. The van der Waals surface area contributed by atoms with Crippen LogP contribution < -0.4 is 10.1 Å². The molecule has 0 aromatic heterocycles. The maximum Gasteiger partial charge on any atom is 0.251 e. The molecule has 0 radical (unpaired) electrons. The van der Waals surface area contributed by atoms with Gasteiger partial charge in [0.15, 0.2) is 0 Å². The van der Waals surface area contributed by atoms with Gasteiger partial charge in [-0.1, -0.05) is 30.3 Å². The van der Waals surface area contributed by atoms with E-state index < -0.39 is 0 Å². The zero-order chi connectivity index (χ0) is 18.1. The molecule has 0 aliphatic carbocycles. The molecule has 134 valence electrons. The molecule has 4 nitrogen and oxygen atoms in total. The van der Waals surface area contributed by atoms with E-state index in [0.29, 0.717) is 18.8 Å². The van der Waals surface area contributed by atoms with E-state index in [1.54, 1.807) is 13.2 Å². The minimum Gasteiger partial charge on any atom is -0.494 e. The number of methoxy groups -OCH3 is 1. The van der Waals surface area contributed by atoms with Crippen molar-refractivity contribution in [1.82, 2.24) is 5.32 Å². The first-order valence-corrected chi connectivity index (χ1v) is 8.73. The molecule has 0 saturated heterocycles. The molecule has 2 aromatic carbocycles. The Morgan fingerprint density at radius 3 is 2.60 bits per heavy atom. The van der Waals surface area contributed by atoms with Crippen LogP contribution in [0.1, 0.15) is 41.8 Å². The summed E-state index contributed by atoms with van der Waals surface area (Å²) < 4.78 is 10.8. The Balaban J connectivity index is 1.96. The topological polar surface area (TPSA) is 47.6 Å². The van der Waals surface area contributed by atoms with E-state index in [0.717, 1.165) is 24.2 Å². The average Bonchev–Trinajstić information content (AvgIpc) is 2.62. The van der Waals surface area contributed by atoms with Crippen molar-refractivity contribution < 1.29 is 14.3 Å². The van der Waals surface area contributed by atoms with Gasteiger partial charge in [-0.3, -0.25) is 4.79 Å². The first kappa shape index (κ1) is 19.0. The summed E-state index contributed by atoms with van der Waals surface area (Å²) in [6.45, 7) is 4.97. The van der Waals surface area contributed by atoms with Crippen LogP contribution in [0.25, 0.3) is 0 Å². The van der Waals surface area contributed by atoms with Crippen LogP contribution in [0, 0.1) is 0 Å². The summed E-state index contributed by atoms with van der Waals surface area (Å²) in [4.78, 5) is 12.5. The number of ether oxygens (including phenoxy) is 2. The van der Waals surface area contributed by atoms with Gasteiger partial charge in [0, 0.05) is 24.3 Å². The zero-order valence-corrected chi connectivity index (χ0v) is 15.2. The van der Waals surface area contributed by atoms with Gasteiger partial charge in [-0.05, 0) is 50.5 Å². The van der Waals surface area contributed by atoms with Gasteiger partial charge >= 0.3 is 0 Å². The number of nitrogens with one attached hydrogen (secondary N) is 1. The normalized spacial score (nSPS) is 11.8. The van der Waals surface area contributed by atoms with Crippen molar-refractivity contribution in [3.05, 3.63) is 65.2 Å². The lowest BCUT2D eigenvalue weighted by molar-refractivity contribution is 0.0938. The maximum atomic E-state index is 12.5. The summed E-state index contributed by atoms with van der Waals surface area (Å²) in [5, 5.41) is 3.07. The molecule has 0 heterocycles. The highest BCUT2D eigenvalue weighted by atomic mass is 16.5. The molecule has 0 saturated carbocycles. The van der Waals surface area contributed by atoms with Crippen molar-refractivity contribution in [2.75, 3.05) is 13.7 Å². The lowest BCUT2D eigenvalue weighted by atomic mass is 10.1. The van der Waals surface area contributed by atoms with E-state index in [1.807, 2.05) is 44.2 Å². The number of carbonyl (C=O) groups is 1. The van der Waals surface area contributed by atoms with E-state index in [1.165, 1.54) is 5.56 Å². The van der Waals surface area contributed by atoms with Gasteiger partial charge in [0.25, 0.3) is 5.91 Å². The molecule has 1 N–H and O–H groups in total. The molecule has 0 aliphatic heterocycles. The van der Waals surface area contributed by atoms with Gasteiger partial charge in [-0.15, -0.1) is 0 Å². The van der Waals surface area contributed by atoms with Crippen LogP contribution in [0.5, 0.6) is 5.75 Å². The first-order valence-electron chi connectivity index (χ1n) is 8.73. The summed E-state index contributed by atoms with van der Waals surface area (Å²) in [6.07, 6.45) is 1.85. The molecule has 0 unspecified atom stereocenters. The fraction of sp³-hybridized carbons (Fsp3) is 0.381. The lowest BCUT2D eigenvalue weighted by Gasteiger charge is -2.15. The van der Waals surface area contributed by atoms with Gasteiger partial charge in [0.1, 0.15) is 5.75 Å². The smallest absolute Gasteiger partial charge is 0.251 e. The standard InChI is InChI=1S/C21H27NO3/c1-4-25-20-13-12-18(14-19(20)15-24-3)21(23)22-16(2)10-11-17-8-6-5-7-9-17/h5-9,12-14,16H,4,10-11,15H2,1-3H3,(H,22,23)/t16-/m0/s1. The van der Waals surface area contributed by atoms with Crippen LogP contribution in [-0.2, 0) is 17.8 Å². The van der Waals surface area contributed by atoms with Crippen LogP contribution >= 0.6 is 0 Å². The molecule has 1 atom stereocenters. The highest BCUT2D eigenvalue weighted by Gasteiger charge is 2.13. The van der Waals surface area contributed by atoms with Gasteiger partial charge < -0.3 is 14.8 Å². The molecule has 2 aromatic rings. The van der Waals surface area contributed by atoms with E-state index >= 15 is 0 Å². The van der Waals surface area contributed by atoms with Crippen molar-refractivity contribution in [1.29, 1.82) is 0 Å². The predicted octanol–water partition coefficient (Wildman–Crippen LogP) is 3.98. The SMILES string of the molecule is CCOc1ccc(C(=O)N[C@@H](C)CCc2ccccc2)cc1COC. The Hall–Kier alpha value is -2.33. The number of benzene rings is 2. The van der Waals surface area contributed by atoms with Crippen molar-refractivity contribution >= 4 is 5.91 Å². The Morgan fingerprint density at radius 2 is 1.92 bits per heavy atom. The second kappa shape index (κ2) is 9.84. The van der Waals surface area contributed by atoms with Crippen molar-refractivity contribution in [3.63, 3.8) is 0 Å². The maximum absolute atomic E-state index is 12.5. The highest BCUT2D eigenvalue weighted by Crippen LogP contribution is 2.21. The first-order chi connectivity index (χ1) is 12.1. The Labute approximate surface area is 150 Å². The van der Waals surface area contributed by atoms with Crippen LogP contribution in [0.3, 0.4) is 0 Å². The number of hydrogen-bond donors (Lipinski definition) is 1. The molecular weight excluding hydrogens is 314 g/mol.